The smallest absolute Gasteiger partial charge is 0.352 e. The maximum atomic E-state index is 11.9. The lowest BCUT2D eigenvalue weighted by atomic mass is 10.2. The number of hydrogen-bond donors (Lipinski definition) is 0. The second-order valence-electron chi connectivity index (χ2n) is 4.03. The molecule has 104 valence electrons. The summed E-state index contributed by atoms with van der Waals surface area (Å²) in [5, 5.41) is 0. The van der Waals surface area contributed by atoms with Crippen molar-refractivity contribution >= 4 is 10.1 Å². The summed E-state index contributed by atoms with van der Waals surface area (Å²) >= 11 is -0.373. The molecule has 0 saturated heterocycles. The SMILES string of the molecule is Cc1ccc(S(=O)(=O)O/C=C/[I+]c2ccccc2)cc1. The van der Waals surface area contributed by atoms with Crippen molar-refractivity contribution in [2.75, 3.05) is 0 Å². The van der Waals surface area contributed by atoms with Gasteiger partial charge in [0.2, 0.25) is 0 Å². The van der Waals surface area contributed by atoms with Gasteiger partial charge >= 0.3 is 31.3 Å². The maximum Gasteiger partial charge on any atom is 0.352 e. The molecule has 0 N–H and O–H groups in total. The van der Waals surface area contributed by atoms with E-state index in [1.54, 1.807) is 28.3 Å². The lowest BCUT2D eigenvalue weighted by Crippen LogP contribution is -3.59. The van der Waals surface area contributed by atoms with Crippen LogP contribution in [0.15, 0.2) is 69.8 Å². The van der Waals surface area contributed by atoms with Gasteiger partial charge in [-0.1, -0.05) is 35.9 Å². The van der Waals surface area contributed by atoms with Crippen LogP contribution in [0.2, 0.25) is 0 Å². The van der Waals surface area contributed by atoms with Crippen LogP contribution in [0.25, 0.3) is 0 Å². The van der Waals surface area contributed by atoms with Gasteiger partial charge in [0.1, 0.15) is 4.90 Å². The topological polar surface area (TPSA) is 43.4 Å². The van der Waals surface area contributed by atoms with Crippen molar-refractivity contribution in [1.29, 1.82) is 0 Å². The van der Waals surface area contributed by atoms with Crippen molar-refractivity contribution in [3.05, 3.63) is 74.1 Å². The van der Waals surface area contributed by atoms with E-state index in [-0.39, 0.29) is 26.1 Å². The van der Waals surface area contributed by atoms with Gasteiger partial charge in [0.25, 0.3) is 0 Å². The van der Waals surface area contributed by atoms with Gasteiger partial charge in [-0.05, 0) is 31.2 Å². The molecule has 0 aliphatic carbocycles. The molecule has 0 spiro atoms. The van der Waals surface area contributed by atoms with Gasteiger partial charge < -0.3 is 4.18 Å². The quantitative estimate of drug-likeness (QED) is 0.407. The summed E-state index contributed by atoms with van der Waals surface area (Å²) in [6, 6.07) is 16.5. The second-order valence-corrected chi connectivity index (χ2v) is 8.19. The first-order valence-corrected chi connectivity index (χ1v) is 9.65. The van der Waals surface area contributed by atoms with Gasteiger partial charge in [-0.15, -0.1) is 0 Å². The average molecular weight is 401 g/mol. The minimum absolute atomic E-state index is 0.172. The minimum atomic E-state index is -3.70. The van der Waals surface area contributed by atoms with Crippen molar-refractivity contribution in [2.45, 2.75) is 11.8 Å². The van der Waals surface area contributed by atoms with E-state index in [0.29, 0.717) is 0 Å². The molecule has 0 atom stereocenters. The highest BCUT2D eigenvalue weighted by Crippen LogP contribution is 2.12. The Morgan fingerprint density at radius 2 is 1.65 bits per heavy atom. The Hall–Kier alpha value is -1.34. The fourth-order valence-electron chi connectivity index (χ4n) is 1.44. The van der Waals surface area contributed by atoms with E-state index in [0.717, 1.165) is 5.56 Å². The number of benzene rings is 2. The van der Waals surface area contributed by atoms with E-state index in [1.807, 2.05) is 37.3 Å². The van der Waals surface area contributed by atoms with Crippen LogP contribution < -0.4 is 21.2 Å². The highest BCUT2D eigenvalue weighted by atomic mass is 127. The first-order valence-electron chi connectivity index (χ1n) is 5.91. The Labute approximate surface area is 129 Å². The standard InChI is InChI=1S/C15H14IO3S/c1-13-7-9-15(10-8-13)20(17,18)19-12-11-16-14-5-3-2-4-6-14/h2-12H,1H3/q+1/b12-11+. The lowest BCUT2D eigenvalue weighted by Gasteiger charge is -2.01. The molecule has 0 fully saturated rings. The largest absolute Gasteiger partial charge is 0.383 e. The molecule has 5 heteroatoms. The van der Waals surface area contributed by atoms with Crippen LogP contribution in [0.3, 0.4) is 0 Å². The fourth-order valence-corrected chi connectivity index (χ4v) is 3.96. The predicted molar refractivity (Wildman–Crippen MR) is 73.7 cm³/mol. The average Bonchev–Trinajstić information content (AvgIpc) is 2.45. The van der Waals surface area contributed by atoms with E-state index < -0.39 is 10.1 Å². The molecular formula is C15H14IO3S+. The van der Waals surface area contributed by atoms with Crippen LogP contribution in [0.1, 0.15) is 5.56 Å². The number of hydrogen-bond acceptors (Lipinski definition) is 3. The van der Waals surface area contributed by atoms with E-state index in [1.165, 1.54) is 9.83 Å². The van der Waals surface area contributed by atoms with Crippen LogP contribution in [0, 0.1) is 10.5 Å². The van der Waals surface area contributed by atoms with E-state index in [2.05, 4.69) is 0 Å². The zero-order valence-corrected chi connectivity index (χ0v) is 13.8. The number of rotatable bonds is 5. The van der Waals surface area contributed by atoms with Crippen molar-refractivity contribution < 1.29 is 33.8 Å². The molecule has 0 amide bonds. The Balaban J connectivity index is 1.97. The Bertz CT molecular complexity index is 677. The summed E-state index contributed by atoms with van der Waals surface area (Å²) in [5.41, 5.74) is 1.01. The number of aryl methyl sites for hydroxylation is 1. The van der Waals surface area contributed by atoms with Crippen molar-refractivity contribution in [1.82, 2.24) is 0 Å². The van der Waals surface area contributed by atoms with Gasteiger partial charge in [0.05, 0.1) is 0 Å². The van der Waals surface area contributed by atoms with E-state index in [9.17, 15) is 8.42 Å². The minimum Gasteiger partial charge on any atom is -0.383 e. The molecule has 3 nitrogen and oxygen atoms in total. The van der Waals surface area contributed by atoms with Crippen LogP contribution in [-0.2, 0) is 14.3 Å². The van der Waals surface area contributed by atoms with E-state index >= 15 is 0 Å². The molecule has 2 aromatic rings. The Morgan fingerprint density at radius 3 is 2.30 bits per heavy atom. The molecule has 0 aliphatic rings. The van der Waals surface area contributed by atoms with Crippen LogP contribution in [-0.4, -0.2) is 8.42 Å². The van der Waals surface area contributed by atoms with Gasteiger partial charge in [-0.2, -0.15) is 8.42 Å². The monoisotopic (exact) mass is 401 g/mol. The normalized spacial score (nSPS) is 11.7. The van der Waals surface area contributed by atoms with Crippen molar-refractivity contribution in [2.24, 2.45) is 0 Å². The molecule has 0 heterocycles. The summed E-state index contributed by atoms with van der Waals surface area (Å²) in [4.78, 5) is 0.172. The molecule has 0 radical (unpaired) electrons. The molecule has 2 rings (SSSR count). The zero-order chi connectivity index (χ0) is 14.4. The molecule has 20 heavy (non-hydrogen) atoms. The maximum absolute atomic E-state index is 11.9. The molecule has 0 unspecified atom stereocenters. The van der Waals surface area contributed by atoms with Crippen LogP contribution >= 0.6 is 0 Å². The number of halogens is 1. The molecule has 0 aliphatic heterocycles. The third-order valence-electron chi connectivity index (χ3n) is 2.47. The lowest BCUT2D eigenvalue weighted by molar-refractivity contribution is -0.557. The third-order valence-corrected chi connectivity index (χ3v) is 5.77. The van der Waals surface area contributed by atoms with Gasteiger partial charge in [0, 0.05) is 0 Å². The summed E-state index contributed by atoms with van der Waals surface area (Å²) in [6.45, 7) is 1.90. The fraction of sp³-hybridized carbons (Fsp3) is 0.0667. The Kier molecular flexibility index (Phi) is 5.19. The first kappa shape index (κ1) is 15.1. The molecule has 0 bridgehead atoms. The van der Waals surface area contributed by atoms with Gasteiger partial charge in [-0.3, -0.25) is 0 Å². The predicted octanol–water partition coefficient (Wildman–Crippen LogP) is 0.130. The third kappa shape index (κ3) is 4.35. The molecule has 0 saturated carbocycles. The highest BCUT2D eigenvalue weighted by molar-refractivity contribution is 7.86. The second kappa shape index (κ2) is 6.90. The zero-order valence-electron chi connectivity index (χ0n) is 10.9. The Morgan fingerprint density at radius 1 is 1.00 bits per heavy atom. The van der Waals surface area contributed by atoms with Gasteiger partial charge in [0.15, 0.2) is 13.9 Å². The summed E-state index contributed by atoms with van der Waals surface area (Å²) < 4.78 is 31.7. The van der Waals surface area contributed by atoms with Crippen molar-refractivity contribution in [3.63, 3.8) is 0 Å². The van der Waals surface area contributed by atoms with E-state index in [4.69, 9.17) is 4.18 Å². The summed E-state index contributed by atoms with van der Waals surface area (Å²) in [7, 11) is -3.70. The molecule has 2 aromatic carbocycles. The molecular weight excluding hydrogens is 387 g/mol. The summed E-state index contributed by atoms with van der Waals surface area (Å²) in [5.74, 6) is 0. The summed E-state index contributed by atoms with van der Waals surface area (Å²) in [6.07, 6.45) is 1.27. The highest BCUT2D eigenvalue weighted by Gasteiger charge is 2.14. The van der Waals surface area contributed by atoms with Crippen LogP contribution in [0.5, 0.6) is 0 Å². The van der Waals surface area contributed by atoms with Crippen LogP contribution in [0.4, 0.5) is 0 Å². The van der Waals surface area contributed by atoms with Gasteiger partial charge in [-0.25, -0.2) is 0 Å². The molecule has 0 aromatic heterocycles. The first-order chi connectivity index (χ1) is 9.58. The van der Waals surface area contributed by atoms with Crippen molar-refractivity contribution in [3.8, 4) is 0 Å².